The van der Waals surface area contributed by atoms with Crippen molar-refractivity contribution in [2.45, 2.75) is 12.7 Å². The molecule has 0 fully saturated rings. The van der Waals surface area contributed by atoms with E-state index in [1.807, 2.05) is 19.1 Å². The Morgan fingerprint density at radius 1 is 1.12 bits per heavy atom. The predicted octanol–water partition coefficient (Wildman–Crippen LogP) is 2.98. The van der Waals surface area contributed by atoms with Gasteiger partial charge < -0.3 is 16.4 Å². The zero-order chi connectivity index (χ0) is 18.1. The van der Waals surface area contributed by atoms with Gasteiger partial charge in [0.25, 0.3) is 5.91 Å². The molecule has 2 aromatic carbocycles. The van der Waals surface area contributed by atoms with Crippen molar-refractivity contribution in [1.82, 2.24) is 5.32 Å². The number of nitrogens with one attached hydrogen (secondary N) is 2. The molecule has 7 heteroatoms. The van der Waals surface area contributed by atoms with Crippen LogP contribution in [0.15, 0.2) is 48.5 Å². The number of rotatable bonds is 8. The second-order valence-electron chi connectivity index (χ2n) is 5.62. The third-order valence-corrected chi connectivity index (χ3v) is 4.46. The van der Waals surface area contributed by atoms with E-state index in [9.17, 15) is 9.59 Å². The fraction of sp³-hybridized carbons (Fsp3) is 0.263. The van der Waals surface area contributed by atoms with Crippen molar-refractivity contribution in [1.29, 1.82) is 0 Å². The number of aryl methyl sites for hydroxylation is 1. The maximum atomic E-state index is 12.2. The topological polar surface area (TPSA) is 84.2 Å². The highest BCUT2D eigenvalue weighted by atomic mass is 35.5. The Hall–Kier alpha value is -2.02. The molecule has 0 heterocycles. The average Bonchev–Trinajstić information content (AvgIpc) is 2.60. The maximum absolute atomic E-state index is 12.2. The molecule has 0 atom stereocenters. The monoisotopic (exact) mass is 393 g/mol. The molecule has 2 aromatic rings. The van der Waals surface area contributed by atoms with Gasteiger partial charge in [0.15, 0.2) is 0 Å². The molecule has 26 heavy (non-hydrogen) atoms. The largest absolute Gasteiger partial charge is 0.351 e. The van der Waals surface area contributed by atoms with Crippen LogP contribution in [0.25, 0.3) is 0 Å². The number of hydrogen-bond acceptors (Lipinski definition) is 4. The first-order chi connectivity index (χ1) is 12.1. The van der Waals surface area contributed by atoms with Crippen LogP contribution in [0, 0.1) is 6.92 Å². The number of anilines is 1. The smallest absolute Gasteiger partial charge is 0.253 e. The quantitative estimate of drug-likeness (QED) is 0.643. The van der Waals surface area contributed by atoms with Crippen molar-refractivity contribution in [2.24, 2.45) is 5.73 Å². The van der Waals surface area contributed by atoms with E-state index in [0.717, 1.165) is 5.75 Å². The van der Waals surface area contributed by atoms with E-state index in [1.165, 1.54) is 11.1 Å². The average molecular weight is 394 g/mol. The predicted molar refractivity (Wildman–Crippen MR) is 111 cm³/mol. The van der Waals surface area contributed by atoms with Crippen molar-refractivity contribution in [3.8, 4) is 0 Å². The normalized spacial score (nSPS) is 9.92. The summed E-state index contributed by atoms with van der Waals surface area (Å²) >= 11 is 1.54. The van der Waals surface area contributed by atoms with E-state index in [-0.39, 0.29) is 24.2 Å². The number of nitrogens with two attached hydrogens (primary N) is 1. The van der Waals surface area contributed by atoms with Crippen molar-refractivity contribution < 1.29 is 9.59 Å². The molecule has 140 valence electrons. The summed E-state index contributed by atoms with van der Waals surface area (Å²) in [5, 5.41) is 5.53. The number of thioether (sulfide) groups is 1. The zero-order valence-electron chi connectivity index (χ0n) is 14.7. The van der Waals surface area contributed by atoms with E-state index in [4.69, 9.17) is 5.73 Å². The first-order valence-corrected chi connectivity index (χ1v) is 9.26. The molecular formula is C19H24ClN3O2S. The summed E-state index contributed by atoms with van der Waals surface area (Å²) in [4.78, 5) is 24.3. The molecule has 0 aliphatic heterocycles. The Morgan fingerprint density at radius 3 is 2.62 bits per heavy atom. The Morgan fingerprint density at radius 2 is 1.88 bits per heavy atom. The van der Waals surface area contributed by atoms with Gasteiger partial charge in [-0.2, -0.15) is 0 Å². The lowest BCUT2D eigenvalue weighted by molar-refractivity contribution is -0.113. The third kappa shape index (κ3) is 7.07. The van der Waals surface area contributed by atoms with Crippen molar-refractivity contribution in [3.05, 3.63) is 65.2 Å². The number of carbonyl (C=O) groups is 2. The molecule has 0 aromatic heterocycles. The van der Waals surface area contributed by atoms with Gasteiger partial charge in [-0.15, -0.1) is 24.2 Å². The fourth-order valence-electron chi connectivity index (χ4n) is 2.32. The molecule has 0 bridgehead atoms. The number of amides is 2. The highest BCUT2D eigenvalue weighted by Crippen LogP contribution is 2.17. The van der Waals surface area contributed by atoms with Gasteiger partial charge in [-0.3, -0.25) is 9.59 Å². The van der Waals surface area contributed by atoms with Crippen LogP contribution in [0.3, 0.4) is 0 Å². The minimum atomic E-state index is -0.242. The van der Waals surface area contributed by atoms with Crippen LogP contribution in [0.4, 0.5) is 5.69 Å². The molecule has 0 saturated carbocycles. The molecular weight excluding hydrogens is 370 g/mol. The van der Waals surface area contributed by atoms with E-state index >= 15 is 0 Å². The van der Waals surface area contributed by atoms with Crippen LogP contribution in [0.2, 0.25) is 0 Å². The Bertz CT molecular complexity index is 740. The summed E-state index contributed by atoms with van der Waals surface area (Å²) in [5.74, 6) is 0.728. The van der Waals surface area contributed by atoms with Crippen LogP contribution < -0.4 is 16.4 Å². The third-order valence-electron chi connectivity index (χ3n) is 3.46. The van der Waals surface area contributed by atoms with Crippen LogP contribution >= 0.6 is 24.2 Å². The van der Waals surface area contributed by atoms with Crippen LogP contribution in [-0.2, 0) is 10.5 Å². The molecule has 0 aliphatic carbocycles. The van der Waals surface area contributed by atoms with Gasteiger partial charge in [-0.05, 0) is 24.6 Å². The van der Waals surface area contributed by atoms with Gasteiger partial charge in [0.05, 0.1) is 17.0 Å². The summed E-state index contributed by atoms with van der Waals surface area (Å²) in [6.07, 6.45) is 0. The van der Waals surface area contributed by atoms with Crippen LogP contribution in [0.5, 0.6) is 0 Å². The Labute approximate surface area is 164 Å². The second-order valence-corrected chi connectivity index (χ2v) is 6.61. The highest BCUT2D eigenvalue weighted by Gasteiger charge is 2.12. The molecule has 2 rings (SSSR count). The maximum Gasteiger partial charge on any atom is 0.253 e. The second kappa shape index (κ2) is 11.6. The summed E-state index contributed by atoms with van der Waals surface area (Å²) in [5.41, 5.74) is 8.75. The van der Waals surface area contributed by atoms with Gasteiger partial charge in [-0.1, -0.05) is 42.0 Å². The zero-order valence-corrected chi connectivity index (χ0v) is 16.3. The molecule has 0 spiro atoms. The van der Waals surface area contributed by atoms with Crippen LogP contribution in [0.1, 0.15) is 21.5 Å². The van der Waals surface area contributed by atoms with Gasteiger partial charge in [0, 0.05) is 18.8 Å². The standard InChI is InChI=1S/C19H23N3O2S.ClH/c1-14-5-4-6-15(11-14)12-25-13-18(23)22-17-8-3-2-7-16(17)19(24)21-10-9-20;/h2-8,11H,9-10,12-13,20H2,1H3,(H,21,24)(H,22,23);1H. The summed E-state index contributed by atoms with van der Waals surface area (Å²) in [7, 11) is 0. The van der Waals surface area contributed by atoms with Crippen molar-refractivity contribution in [3.63, 3.8) is 0 Å². The molecule has 5 nitrogen and oxygen atoms in total. The molecule has 0 unspecified atom stereocenters. The van der Waals surface area contributed by atoms with Crippen LogP contribution in [-0.4, -0.2) is 30.7 Å². The summed E-state index contributed by atoms with van der Waals surface area (Å²) in [6.45, 7) is 2.82. The van der Waals surface area contributed by atoms with Crippen molar-refractivity contribution in [2.75, 3.05) is 24.2 Å². The lowest BCUT2D eigenvalue weighted by atomic mass is 10.1. The number of halogens is 1. The summed E-state index contributed by atoms with van der Waals surface area (Å²) in [6, 6.07) is 15.2. The fourth-order valence-corrected chi connectivity index (χ4v) is 3.10. The lowest BCUT2D eigenvalue weighted by Crippen LogP contribution is -2.30. The first kappa shape index (κ1) is 22.0. The van der Waals surface area contributed by atoms with Crippen molar-refractivity contribution >= 4 is 41.7 Å². The van der Waals surface area contributed by atoms with Gasteiger partial charge in [0.2, 0.25) is 5.91 Å². The number of benzene rings is 2. The number of para-hydroxylation sites is 1. The van der Waals surface area contributed by atoms with E-state index < -0.39 is 0 Å². The Kier molecular flexibility index (Phi) is 9.80. The van der Waals surface area contributed by atoms with Gasteiger partial charge >= 0.3 is 0 Å². The minimum Gasteiger partial charge on any atom is -0.351 e. The highest BCUT2D eigenvalue weighted by molar-refractivity contribution is 7.99. The van der Waals surface area contributed by atoms with E-state index in [1.54, 1.807) is 36.0 Å². The SMILES string of the molecule is Cc1cccc(CSCC(=O)Nc2ccccc2C(=O)NCCN)c1.Cl. The molecule has 0 radical (unpaired) electrons. The molecule has 2 amide bonds. The molecule has 0 aliphatic rings. The molecule has 0 saturated heterocycles. The Balaban J connectivity index is 0.00000338. The minimum absolute atomic E-state index is 0. The van der Waals surface area contributed by atoms with Gasteiger partial charge in [0.1, 0.15) is 0 Å². The number of carbonyl (C=O) groups excluding carboxylic acids is 2. The summed E-state index contributed by atoms with van der Waals surface area (Å²) < 4.78 is 0. The molecule has 4 N–H and O–H groups in total. The first-order valence-electron chi connectivity index (χ1n) is 8.10. The number of hydrogen-bond donors (Lipinski definition) is 3. The van der Waals surface area contributed by atoms with Gasteiger partial charge in [-0.25, -0.2) is 0 Å². The van der Waals surface area contributed by atoms with E-state index in [2.05, 4.69) is 22.8 Å². The lowest BCUT2D eigenvalue weighted by Gasteiger charge is -2.11. The van der Waals surface area contributed by atoms with E-state index in [0.29, 0.717) is 30.1 Å².